The van der Waals surface area contributed by atoms with E-state index < -0.39 is 5.54 Å². The smallest absolute Gasteiger partial charge is 0.256 e. The van der Waals surface area contributed by atoms with Gasteiger partial charge >= 0.3 is 0 Å². The molecule has 0 radical (unpaired) electrons. The van der Waals surface area contributed by atoms with Gasteiger partial charge < -0.3 is 20.1 Å². The second-order valence-corrected chi connectivity index (χ2v) is 10.1. The second-order valence-electron chi connectivity index (χ2n) is 9.00. The third-order valence-corrected chi connectivity index (χ3v) is 7.15. The summed E-state index contributed by atoms with van der Waals surface area (Å²) in [7, 11) is 0. The molecule has 1 unspecified atom stereocenters. The number of rotatable bonds is 4. The van der Waals surface area contributed by atoms with Gasteiger partial charge in [0.25, 0.3) is 5.91 Å². The van der Waals surface area contributed by atoms with Gasteiger partial charge in [0.15, 0.2) is 5.82 Å². The third-order valence-electron chi connectivity index (χ3n) is 5.47. The molecule has 0 spiro atoms. The fraction of sp³-hybridized carbons (Fsp3) is 0.600. The van der Waals surface area contributed by atoms with Crippen molar-refractivity contribution in [3.8, 4) is 0 Å². The van der Waals surface area contributed by atoms with Gasteiger partial charge in [0.2, 0.25) is 11.8 Å². The summed E-state index contributed by atoms with van der Waals surface area (Å²) in [5, 5.41) is 10.0. The molecule has 2 aromatic rings. The molecule has 156 valence electrons. The zero-order valence-electron chi connectivity index (χ0n) is 17.5. The summed E-state index contributed by atoms with van der Waals surface area (Å²) in [4.78, 5) is 34.7. The van der Waals surface area contributed by atoms with Crippen LogP contribution in [0.4, 0.5) is 0 Å². The molecule has 2 aliphatic heterocycles. The lowest BCUT2D eigenvalue weighted by molar-refractivity contribution is -0.134. The number of amides is 2. The van der Waals surface area contributed by atoms with E-state index in [9.17, 15) is 9.59 Å². The fourth-order valence-electron chi connectivity index (χ4n) is 3.64. The molecule has 2 amide bonds. The highest BCUT2D eigenvalue weighted by molar-refractivity contribution is 7.12. The quantitative estimate of drug-likeness (QED) is 0.736. The zero-order chi connectivity index (χ0) is 21.0. The average molecular weight is 418 g/mol. The summed E-state index contributed by atoms with van der Waals surface area (Å²) in [6.45, 7) is 11.7. The molecule has 0 bridgehead atoms. The van der Waals surface area contributed by atoms with Crippen molar-refractivity contribution in [3.05, 3.63) is 33.1 Å². The van der Waals surface area contributed by atoms with Crippen LogP contribution in [0.15, 0.2) is 10.6 Å². The van der Waals surface area contributed by atoms with E-state index >= 15 is 0 Å². The van der Waals surface area contributed by atoms with E-state index in [1.807, 2.05) is 6.07 Å². The lowest BCUT2D eigenvalue weighted by Gasteiger charge is -2.43. The van der Waals surface area contributed by atoms with Crippen LogP contribution in [0.5, 0.6) is 0 Å². The Kier molecular flexibility index (Phi) is 4.77. The number of nitrogens with zero attached hydrogens (tertiary/aromatic N) is 3. The van der Waals surface area contributed by atoms with E-state index in [0.717, 1.165) is 11.4 Å². The van der Waals surface area contributed by atoms with Crippen LogP contribution in [0, 0.1) is 6.92 Å². The average Bonchev–Trinajstić information content (AvgIpc) is 3.24. The Morgan fingerprint density at radius 3 is 2.76 bits per heavy atom. The molecular weight excluding hydrogens is 390 g/mol. The molecule has 8 nitrogen and oxygen atoms in total. The maximum Gasteiger partial charge on any atom is 0.256 e. The first kappa shape index (κ1) is 20.0. The SMILES string of the molecule is Cc1noc(CC2(C)C(=O)NCCN2C(=O)c2cc(C(C)(C)C)sc2[C@H]2CN2)n1. The number of aryl methyl sites for hydroxylation is 1. The third kappa shape index (κ3) is 3.69. The fourth-order valence-corrected chi connectivity index (χ4v) is 4.92. The number of nitrogens with one attached hydrogen (secondary N) is 2. The Labute approximate surface area is 174 Å². The van der Waals surface area contributed by atoms with Crippen molar-refractivity contribution < 1.29 is 14.1 Å². The van der Waals surface area contributed by atoms with E-state index in [4.69, 9.17) is 4.52 Å². The molecule has 2 N–H and O–H groups in total. The van der Waals surface area contributed by atoms with Crippen molar-refractivity contribution in [2.75, 3.05) is 19.6 Å². The molecule has 2 aliphatic rings. The van der Waals surface area contributed by atoms with E-state index in [0.29, 0.717) is 30.4 Å². The number of aromatic nitrogens is 2. The van der Waals surface area contributed by atoms with Gasteiger partial charge in [0.1, 0.15) is 5.54 Å². The van der Waals surface area contributed by atoms with Crippen LogP contribution in [0.3, 0.4) is 0 Å². The highest BCUT2D eigenvalue weighted by atomic mass is 32.1. The minimum atomic E-state index is -1.09. The van der Waals surface area contributed by atoms with Crippen molar-refractivity contribution in [3.63, 3.8) is 0 Å². The Hall–Kier alpha value is -2.26. The molecule has 4 rings (SSSR count). The molecule has 0 aromatic carbocycles. The van der Waals surface area contributed by atoms with Crippen LogP contribution >= 0.6 is 11.3 Å². The van der Waals surface area contributed by atoms with Gasteiger partial charge in [-0.05, 0) is 25.3 Å². The van der Waals surface area contributed by atoms with Crippen molar-refractivity contribution in [1.82, 2.24) is 25.7 Å². The molecule has 2 atom stereocenters. The minimum absolute atomic E-state index is 0.0449. The van der Waals surface area contributed by atoms with Gasteiger partial charge in [-0.15, -0.1) is 11.3 Å². The summed E-state index contributed by atoms with van der Waals surface area (Å²) in [5.74, 6) is 0.538. The second kappa shape index (κ2) is 6.91. The minimum Gasteiger partial charge on any atom is -0.352 e. The lowest BCUT2D eigenvalue weighted by atomic mass is 9.90. The van der Waals surface area contributed by atoms with Crippen LogP contribution < -0.4 is 10.6 Å². The van der Waals surface area contributed by atoms with Gasteiger partial charge in [-0.2, -0.15) is 4.98 Å². The highest BCUT2D eigenvalue weighted by Crippen LogP contribution is 2.40. The van der Waals surface area contributed by atoms with Crippen molar-refractivity contribution in [2.45, 2.75) is 58.0 Å². The first-order valence-corrected chi connectivity index (χ1v) is 10.7. The number of hydrogen-bond acceptors (Lipinski definition) is 7. The number of hydrogen-bond donors (Lipinski definition) is 2. The summed E-state index contributed by atoms with van der Waals surface area (Å²) >= 11 is 1.69. The molecule has 9 heteroatoms. The topological polar surface area (TPSA) is 110 Å². The lowest BCUT2D eigenvalue weighted by Crippen LogP contribution is -2.66. The van der Waals surface area contributed by atoms with Crippen LogP contribution in [0.25, 0.3) is 0 Å². The summed E-state index contributed by atoms with van der Waals surface area (Å²) in [6.07, 6.45) is 0.179. The Bertz CT molecular complexity index is 956. The van der Waals surface area contributed by atoms with Gasteiger partial charge in [0, 0.05) is 29.4 Å². The van der Waals surface area contributed by atoms with E-state index in [1.54, 1.807) is 30.1 Å². The van der Waals surface area contributed by atoms with E-state index in [-0.39, 0.29) is 29.7 Å². The number of carbonyl (C=O) groups is 2. The molecule has 2 aromatic heterocycles. The van der Waals surface area contributed by atoms with Crippen molar-refractivity contribution in [1.29, 1.82) is 0 Å². The van der Waals surface area contributed by atoms with E-state index in [2.05, 4.69) is 41.5 Å². The number of piperazine rings is 1. The van der Waals surface area contributed by atoms with Crippen LogP contribution in [0.2, 0.25) is 0 Å². The van der Waals surface area contributed by atoms with Gasteiger partial charge in [-0.1, -0.05) is 25.9 Å². The molecule has 0 aliphatic carbocycles. The Morgan fingerprint density at radius 2 is 2.17 bits per heavy atom. The largest absolute Gasteiger partial charge is 0.352 e. The molecular formula is C20H27N5O3S. The van der Waals surface area contributed by atoms with Crippen LogP contribution in [0.1, 0.15) is 65.6 Å². The summed E-state index contributed by atoms with van der Waals surface area (Å²) < 4.78 is 5.25. The molecule has 29 heavy (non-hydrogen) atoms. The predicted molar refractivity (Wildman–Crippen MR) is 109 cm³/mol. The van der Waals surface area contributed by atoms with Crippen molar-refractivity contribution >= 4 is 23.2 Å². The number of thiophene rings is 1. The Balaban J connectivity index is 1.71. The zero-order valence-corrected chi connectivity index (χ0v) is 18.3. The predicted octanol–water partition coefficient (Wildman–Crippen LogP) is 1.95. The molecule has 0 saturated carbocycles. The maximum atomic E-state index is 13.7. The summed E-state index contributed by atoms with van der Waals surface area (Å²) in [6, 6.07) is 2.23. The van der Waals surface area contributed by atoms with Crippen LogP contribution in [-0.4, -0.2) is 52.0 Å². The van der Waals surface area contributed by atoms with Gasteiger partial charge in [-0.3, -0.25) is 9.59 Å². The normalized spacial score (nSPS) is 24.5. The standard InChI is InChI=1S/C20H27N5O3S/c1-11-23-15(28-24-11)9-20(5)18(27)21-6-7-25(20)17(26)12-8-14(19(2,3)4)29-16(12)13-10-22-13/h8,13,22H,6-7,9-10H2,1-5H3,(H,21,27)/t13-,20?/m1/s1. The summed E-state index contributed by atoms with van der Waals surface area (Å²) in [5.41, 5.74) is -0.444. The van der Waals surface area contributed by atoms with Gasteiger partial charge in [-0.25, -0.2) is 0 Å². The first-order valence-electron chi connectivity index (χ1n) is 9.86. The Morgan fingerprint density at radius 1 is 1.45 bits per heavy atom. The first-order chi connectivity index (χ1) is 13.6. The van der Waals surface area contributed by atoms with E-state index in [1.165, 1.54) is 4.88 Å². The molecule has 2 fully saturated rings. The highest BCUT2D eigenvalue weighted by Gasteiger charge is 2.47. The monoisotopic (exact) mass is 417 g/mol. The maximum absolute atomic E-state index is 13.7. The number of carbonyl (C=O) groups excluding carboxylic acids is 2. The van der Waals surface area contributed by atoms with Crippen LogP contribution in [-0.2, 0) is 16.6 Å². The van der Waals surface area contributed by atoms with Gasteiger partial charge in [0.05, 0.1) is 18.0 Å². The molecule has 2 saturated heterocycles. The molecule has 4 heterocycles. The van der Waals surface area contributed by atoms with Crippen molar-refractivity contribution in [2.24, 2.45) is 0 Å².